The highest BCUT2D eigenvalue weighted by Gasteiger charge is 2.18. The van der Waals surface area contributed by atoms with Crippen molar-refractivity contribution in [3.8, 4) is 0 Å². The molecule has 1 amide bonds. The number of esters is 1. The van der Waals surface area contributed by atoms with E-state index in [1.807, 2.05) is 32.9 Å². The summed E-state index contributed by atoms with van der Waals surface area (Å²) in [5.74, 6) is -0.745. The first-order valence-corrected chi connectivity index (χ1v) is 6.37. The maximum absolute atomic E-state index is 12.0. The number of aryl methyl sites for hydroxylation is 1. The fraction of sp³-hybridized carbons (Fsp3) is 0.467. The van der Waals surface area contributed by atoms with Crippen LogP contribution in [0.3, 0.4) is 0 Å². The summed E-state index contributed by atoms with van der Waals surface area (Å²) < 4.78 is 4.79. The van der Waals surface area contributed by atoms with Crippen molar-refractivity contribution >= 4 is 17.6 Å². The quantitative estimate of drug-likeness (QED) is 0.619. The lowest BCUT2D eigenvalue weighted by atomic mass is 10.0. The summed E-state index contributed by atoms with van der Waals surface area (Å²) in [6.07, 6.45) is -0.225. The summed E-state index contributed by atoms with van der Waals surface area (Å²) in [5.41, 5.74) is 4.23. The number of ether oxygens (including phenoxy) is 1. The third-order valence-corrected chi connectivity index (χ3v) is 3.37. The zero-order valence-electron chi connectivity index (χ0n) is 12.2. The van der Waals surface area contributed by atoms with Crippen LogP contribution in [0.1, 0.15) is 30.0 Å². The Morgan fingerprint density at radius 3 is 2.37 bits per heavy atom. The molecule has 0 spiro atoms. The Balaban J connectivity index is 2.89. The van der Waals surface area contributed by atoms with Gasteiger partial charge in [0.1, 0.15) is 6.42 Å². The zero-order chi connectivity index (χ0) is 14.6. The van der Waals surface area contributed by atoms with Crippen LogP contribution in [0.4, 0.5) is 5.69 Å². The van der Waals surface area contributed by atoms with Gasteiger partial charge in [0.2, 0.25) is 5.91 Å². The van der Waals surface area contributed by atoms with Crippen LogP contribution >= 0.6 is 0 Å². The number of amides is 1. The number of carbonyl (C=O) groups is 2. The average Bonchev–Trinajstić information content (AvgIpc) is 2.35. The SMILES string of the molecule is CCOC(=O)CC(=O)N(C)c1ccc(C)c(C)c1C. The lowest BCUT2D eigenvalue weighted by Crippen LogP contribution is -2.29. The summed E-state index contributed by atoms with van der Waals surface area (Å²) in [5, 5.41) is 0. The van der Waals surface area contributed by atoms with E-state index in [4.69, 9.17) is 4.74 Å². The molecule has 0 aliphatic carbocycles. The molecule has 0 unspecified atom stereocenters. The molecule has 1 aromatic carbocycles. The second-order valence-electron chi connectivity index (χ2n) is 4.59. The first-order chi connectivity index (χ1) is 8.88. The summed E-state index contributed by atoms with van der Waals surface area (Å²) in [7, 11) is 1.68. The van der Waals surface area contributed by atoms with Crippen LogP contribution in [0.2, 0.25) is 0 Å². The number of rotatable bonds is 4. The molecule has 0 saturated heterocycles. The van der Waals surface area contributed by atoms with Gasteiger partial charge < -0.3 is 9.64 Å². The van der Waals surface area contributed by atoms with Gasteiger partial charge in [-0.05, 0) is 50.5 Å². The number of hydrogen-bond donors (Lipinski definition) is 0. The minimum atomic E-state index is -0.485. The molecular formula is C15H21NO3. The maximum Gasteiger partial charge on any atom is 0.315 e. The summed E-state index contributed by atoms with van der Waals surface area (Å²) in [6, 6.07) is 3.88. The number of carbonyl (C=O) groups excluding carboxylic acids is 2. The Morgan fingerprint density at radius 1 is 1.16 bits per heavy atom. The molecule has 0 atom stereocenters. The number of nitrogens with zero attached hydrogens (tertiary/aromatic N) is 1. The van der Waals surface area contributed by atoms with Gasteiger partial charge in [-0.3, -0.25) is 9.59 Å². The Kier molecular flexibility index (Phi) is 5.10. The first kappa shape index (κ1) is 15.2. The second-order valence-corrected chi connectivity index (χ2v) is 4.59. The second kappa shape index (κ2) is 6.36. The molecule has 1 aromatic rings. The van der Waals surface area contributed by atoms with E-state index in [1.54, 1.807) is 14.0 Å². The average molecular weight is 263 g/mol. The van der Waals surface area contributed by atoms with Gasteiger partial charge in [-0.1, -0.05) is 6.07 Å². The molecule has 0 radical (unpaired) electrons. The van der Waals surface area contributed by atoms with Gasteiger partial charge in [-0.25, -0.2) is 0 Å². The summed E-state index contributed by atoms with van der Waals surface area (Å²) in [6.45, 7) is 8.05. The predicted molar refractivity (Wildman–Crippen MR) is 75.3 cm³/mol. The predicted octanol–water partition coefficient (Wildman–Crippen LogP) is 2.53. The lowest BCUT2D eigenvalue weighted by Gasteiger charge is -2.21. The van der Waals surface area contributed by atoms with Crippen molar-refractivity contribution in [3.63, 3.8) is 0 Å². The molecule has 19 heavy (non-hydrogen) atoms. The smallest absolute Gasteiger partial charge is 0.315 e. The van der Waals surface area contributed by atoms with Crippen molar-refractivity contribution in [1.29, 1.82) is 0 Å². The molecule has 0 aromatic heterocycles. The summed E-state index contributed by atoms with van der Waals surface area (Å²) in [4.78, 5) is 24.8. The number of benzene rings is 1. The minimum absolute atomic E-state index is 0.225. The molecule has 104 valence electrons. The third kappa shape index (κ3) is 3.56. The van der Waals surface area contributed by atoms with Crippen LogP contribution in [0.15, 0.2) is 12.1 Å². The number of hydrogen-bond acceptors (Lipinski definition) is 3. The van der Waals surface area contributed by atoms with Gasteiger partial charge in [0.15, 0.2) is 0 Å². The van der Waals surface area contributed by atoms with E-state index in [-0.39, 0.29) is 12.3 Å². The van der Waals surface area contributed by atoms with Crippen molar-refractivity contribution in [2.75, 3.05) is 18.6 Å². The third-order valence-electron chi connectivity index (χ3n) is 3.37. The van der Waals surface area contributed by atoms with E-state index in [0.717, 1.165) is 16.8 Å². The Labute approximate surface area is 114 Å². The van der Waals surface area contributed by atoms with Crippen molar-refractivity contribution < 1.29 is 14.3 Å². The fourth-order valence-corrected chi connectivity index (χ4v) is 1.89. The Hall–Kier alpha value is -1.84. The van der Waals surface area contributed by atoms with E-state index < -0.39 is 5.97 Å². The van der Waals surface area contributed by atoms with E-state index in [0.29, 0.717) is 6.61 Å². The van der Waals surface area contributed by atoms with Gasteiger partial charge >= 0.3 is 5.97 Å². The van der Waals surface area contributed by atoms with E-state index in [2.05, 4.69) is 0 Å². The molecule has 0 saturated carbocycles. The van der Waals surface area contributed by atoms with Crippen LogP contribution in [-0.4, -0.2) is 25.5 Å². The molecule has 0 aliphatic heterocycles. The molecule has 0 aliphatic rings. The molecule has 0 N–H and O–H groups in total. The minimum Gasteiger partial charge on any atom is -0.466 e. The molecular weight excluding hydrogens is 242 g/mol. The normalized spacial score (nSPS) is 10.2. The van der Waals surface area contributed by atoms with Gasteiger partial charge in [-0.15, -0.1) is 0 Å². The van der Waals surface area contributed by atoms with E-state index in [1.165, 1.54) is 10.5 Å². The van der Waals surface area contributed by atoms with E-state index >= 15 is 0 Å². The van der Waals surface area contributed by atoms with Gasteiger partial charge in [0, 0.05) is 12.7 Å². The zero-order valence-corrected chi connectivity index (χ0v) is 12.2. The molecule has 0 bridgehead atoms. The first-order valence-electron chi connectivity index (χ1n) is 6.37. The number of anilines is 1. The fourth-order valence-electron chi connectivity index (χ4n) is 1.89. The van der Waals surface area contributed by atoms with Crippen molar-refractivity contribution in [2.24, 2.45) is 0 Å². The monoisotopic (exact) mass is 263 g/mol. The molecule has 0 fully saturated rings. The standard InChI is InChI=1S/C15H21NO3/c1-6-19-15(18)9-14(17)16(5)13-8-7-10(2)11(3)12(13)4/h7-8H,6,9H2,1-5H3. The summed E-state index contributed by atoms with van der Waals surface area (Å²) >= 11 is 0. The van der Waals surface area contributed by atoms with Crippen LogP contribution in [0, 0.1) is 20.8 Å². The van der Waals surface area contributed by atoms with E-state index in [9.17, 15) is 9.59 Å². The Morgan fingerprint density at radius 2 is 1.79 bits per heavy atom. The molecule has 0 heterocycles. The van der Waals surface area contributed by atoms with Gasteiger partial charge in [0.25, 0.3) is 0 Å². The van der Waals surface area contributed by atoms with Crippen LogP contribution in [0.25, 0.3) is 0 Å². The topological polar surface area (TPSA) is 46.6 Å². The molecule has 1 rings (SSSR count). The van der Waals surface area contributed by atoms with Crippen LogP contribution in [0.5, 0.6) is 0 Å². The van der Waals surface area contributed by atoms with Crippen LogP contribution < -0.4 is 4.90 Å². The van der Waals surface area contributed by atoms with Crippen molar-refractivity contribution in [2.45, 2.75) is 34.1 Å². The highest BCUT2D eigenvalue weighted by atomic mass is 16.5. The highest BCUT2D eigenvalue weighted by Crippen LogP contribution is 2.24. The van der Waals surface area contributed by atoms with Crippen LogP contribution in [-0.2, 0) is 14.3 Å². The Bertz CT molecular complexity index is 494. The maximum atomic E-state index is 12.0. The van der Waals surface area contributed by atoms with Crippen molar-refractivity contribution in [3.05, 3.63) is 28.8 Å². The largest absolute Gasteiger partial charge is 0.466 e. The molecule has 4 nitrogen and oxygen atoms in total. The van der Waals surface area contributed by atoms with Gasteiger partial charge in [0.05, 0.1) is 6.61 Å². The van der Waals surface area contributed by atoms with Gasteiger partial charge in [-0.2, -0.15) is 0 Å². The highest BCUT2D eigenvalue weighted by molar-refractivity contribution is 6.03. The molecule has 4 heteroatoms. The van der Waals surface area contributed by atoms with Crippen molar-refractivity contribution in [1.82, 2.24) is 0 Å². The lowest BCUT2D eigenvalue weighted by molar-refractivity contribution is -0.145.